The van der Waals surface area contributed by atoms with E-state index >= 15 is 0 Å². The fraction of sp³-hybridized carbons (Fsp3) is 0.0690. The van der Waals surface area contributed by atoms with Crippen LogP contribution >= 0.6 is 11.6 Å². The van der Waals surface area contributed by atoms with Gasteiger partial charge in [-0.25, -0.2) is 9.69 Å². The summed E-state index contributed by atoms with van der Waals surface area (Å²) in [6, 6.07) is 24.5. The van der Waals surface area contributed by atoms with Gasteiger partial charge in [-0.2, -0.15) is 0 Å². The van der Waals surface area contributed by atoms with Crippen molar-refractivity contribution >= 4 is 52.0 Å². The highest BCUT2D eigenvalue weighted by molar-refractivity contribution is 6.42. The lowest BCUT2D eigenvalue weighted by molar-refractivity contribution is -0.122. The summed E-state index contributed by atoms with van der Waals surface area (Å²) < 4.78 is 11.5. The van der Waals surface area contributed by atoms with E-state index < -0.39 is 17.8 Å². The van der Waals surface area contributed by atoms with Crippen LogP contribution in [-0.4, -0.2) is 25.0 Å². The number of ether oxygens (including phenoxy) is 2. The molecule has 4 aromatic carbocycles. The number of anilines is 1. The second-order valence-electron chi connectivity index (χ2n) is 8.24. The molecule has 0 atom stereocenters. The summed E-state index contributed by atoms with van der Waals surface area (Å²) in [4.78, 5) is 39.4. The average Bonchev–Trinajstić information content (AvgIpc) is 2.91. The van der Waals surface area contributed by atoms with Gasteiger partial charge in [0.05, 0.1) is 17.8 Å². The van der Waals surface area contributed by atoms with E-state index in [-0.39, 0.29) is 22.9 Å². The van der Waals surface area contributed by atoms with Gasteiger partial charge in [0.15, 0.2) is 0 Å². The van der Waals surface area contributed by atoms with Crippen molar-refractivity contribution < 1.29 is 23.9 Å². The van der Waals surface area contributed by atoms with Crippen molar-refractivity contribution in [3.63, 3.8) is 0 Å². The Labute approximate surface area is 217 Å². The van der Waals surface area contributed by atoms with Gasteiger partial charge in [-0.05, 0) is 46.7 Å². The highest BCUT2D eigenvalue weighted by Crippen LogP contribution is 2.32. The molecule has 1 heterocycles. The maximum atomic E-state index is 13.3. The van der Waals surface area contributed by atoms with Crippen molar-refractivity contribution in [3.8, 4) is 11.5 Å². The van der Waals surface area contributed by atoms with Gasteiger partial charge in [-0.3, -0.25) is 14.9 Å². The van der Waals surface area contributed by atoms with Crippen molar-refractivity contribution in [2.45, 2.75) is 6.61 Å². The van der Waals surface area contributed by atoms with Crippen LogP contribution in [0.15, 0.2) is 90.5 Å². The molecule has 5 rings (SSSR count). The van der Waals surface area contributed by atoms with Crippen LogP contribution in [0, 0.1) is 0 Å². The predicted molar refractivity (Wildman–Crippen MR) is 142 cm³/mol. The van der Waals surface area contributed by atoms with Crippen LogP contribution in [0.3, 0.4) is 0 Å². The normalized spacial score (nSPS) is 14.7. The number of methoxy groups -OCH3 is 1. The van der Waals surface area contributed by atoms with Crippen molar-refractivity contribution in [3.05, 3.63) is 107 Å². The van der Waals surface area contributed by atoms with Crippen LogP contribution in [0.1, 0.15) is 11.1 Å². The van der Waals surface area contributed by atoms with Gasteiger partial charge >= 0.3 is 6.03 Å². The molecule has 0 spiro atoms. The van der Waals surface area contributed by atoms with Gasteiger partial charge in [-0.15, -0.1) is 0 Å². The zero-order chi connectivity index (χ0) is 25.9. The van der Waals surface area contributed by atoms with E-state index in [2.05, 4.69) is 5.32 Å². The molecular formula is C29H21ClN2O5. The standard InChI is InChI=1S/C29H21ClN2O5/c1-36-21-14-13-19(26(16-21)37-17-20-9-6-8-18-7-2-3-10-22(18)20)15-23-27(33)31-29(35)32(28(23)34)25-12-5-4-11-24(25)30/h2-16H,17H2,1H3,(H,31,33,35)/b23-15+. The minimum absolute atomic E-state index is 0.173. The molecule has 7 nitrogen and oxygen atoms in total. The Morgan fingerprint density at radius 3 is 2.49 bits per heavy atom. The highest BCUT2D eigenvalue weighted by atomic mass is 35.5. The number of fused-ring (bicyclic) bond motifs is 1. The maximum Gasteiger partial charge on any atom is 0.335 e. The molecular weight excluding hydrogens is 492 g/mol. The average molecular weight is 513 g/mol. The van der Waals surface area contributed by atoms with Crippen molar-refractivity contribution in [2.75, 3.05) is 12.0 Å². The molecule has 37 heavy (non-hydrogen) atoms. The first-order chi connectivity index (χ1) is 18.0. The predicted octanol–water partition coefficient (Wildman–Crippen LogP) is 5.75. The molecule has 4 amide bonds. The van der Waals surface area contributed by atoms with Crippen LogP contribution in [0.5, 0.6) is 11.5 Å². The number of halogens is 1. The number of imide groups is 2. The van der Waals surface area contributed by atoms with Crippen LogP contribution in [0.25, 0.3) is 16.8 Å². The molecule has 0 radical (unpaired) electrons. The number of barbiturate groups is 1. The van der Waals surface area contributed by atoms with E-state index in [9.17, 15) is 14.4 Å². The maximum absolute atomic E-state index is 13.3. The smallest absolute Gasteiger partial charge is 0.335 e. The van der Waals surface area contributed by atoms with E-state index in [1.54, 1.807) is 36.4 Å². The molecule has 1 N–H and O–H groups in total. The van der Waals surface area contributed by atoms with Gasteiger partial charge < -0.3 is 9.47 Å². The van der Waals surface area contributed by atoms with Crippen molar-refractivity contribution in [1.82, 2.24) is 5.32 Å². The van der Waals surface area contributed by atoms with Crippen molar-refractivity contribution in [2.24, 2.45) is 0 Å². The lowest BCUT2D eigenvalue weighted by Gasteiger charge is -2.27. The van der Waals surface area contributed by atoms with Gasteiger partial charge in [-0.1, -0.05) is 66.2 Å². The molecule has 0 bridgehead atoms. The van der Waals surface area contributed by atoms with E-state index in [1.165, 1.54) is 19.3 Å². The SMILES string of the molecule is COc1ccc(/C=C2\C(=O)NC(=O)N(c3ccccc3Cl)C2=O)c(OCc2cccc3ccccc23)c1. The van der Waals surface area contributed by atoms with Gasteiger partial charge in [0.2, 0.25) is 0 Å². The molecule has 1 fully saturated rings. The van der Waals surface area contributed by atoms with Gasteiger partial charge in [0.1, 0.15) is 23.7 Å². The number of urea groups is 1. The summed E-state index contributed by atoms with van der Waals surface area (Å²) in [5.74, 6) is -0.657. The number of nitrogens with zero attached hydrogens (tertiary/aromatic N) is 1. The topological polar surface area (TPSA) is 84.9 Å². The molecule has 1 aliphatic rings. The number of carbonyl (C=O) groups is 3. The summed E-state index contributed by atoms with van der Waals surface area (Å²) in [6.45, 7) is 0.245. The molecule has 8 heteroatoms. The first kappa shape index (κ1) is 24.1. The lowest BCUT2D eigenvalue weighted by Crippen LogP contribution is -2.54. The Kier molecular flexibility index (Phi) is 6.62. The minimum atomic E-state index is -0.873. The third-order valence-corrected chi connectivity index (χ3v) is 6.30. The van der Waals surface area contributed by atoms with E-state index in [0.717, 1.165) is 21.2 Å². The highest BCUT2D eigenvalue weighted by Gasteiger charge is 2.37. The Morgan fingerprint density at radius 1 is 0.919 bits per heavy atom. The number of rotatable bonds is 6. The largest absolute Gasteiger partial charge is 0.497 e. The fourth-order valence-corrected chi connectivity index (χ4v) is 4.34. The summed E-state index contributed by atoms with van der Waals surface area (Å²) in [5.41, 5.74) is 1.38. The van der Waals surface area contributed by atoms with Crippen LogP contribution < -0.4 is 19.7 Å². The minimum Gasteiger partial charge on any atom is -0.497 e. The molecule has 0 aliphatic carbocycles. The quantitative estimate of drug-likeness (QED) is 0.263. The van der Waals surface area contributed by atoms with Gasteiger partial charge in [0.25, 0.3) is 11.8 Å². The Balaban J connectivity index is 1.51. The van der Waals surface area contributed by atoms with Gasteiger partial charge in [0, 0.05) is 11.6 Å². The summed E-state index contributed by atoms with van der Waals surface area (Å²) in [5, 5.41) is 4.56. The first-order valence-corrected chi connectivity index (χ1v) is 11.8. The Hall–Kier alpha value is -4.62. The van der Waals surface area contributed by atoms with Crippen LogP contribution in [0.4, 0.5) is 10.5 Å². The van der Waals surface area contributed by atoms with E-state index in [0.29, 0.717) is 17.1 Å². The zero-order valence-electron chi connectivity index (χ0n) is 19.7. The summed E-state index contributed by atoms with van der Waals surface area (Å²) in [7, 11) is 1.53. The van der Waals surface area contributed by atoms with E-state index in [1.807, 2.05) is 42.5 Å². The lowest BCUT2D eigenvalue weighted by atomic mass is 10.0. The van der Waals surface area contributed by atoms with E-state index in [4.69, 9.17) is 21.1 Å². The summed E-state index contributed by atoms with van der Waals surface area (Å²) >= 11 is 6.22. The number of amides is 4. The molecule has 4 aromatic rings. The summed E-state index contributed by atoms with van der Waals surface area (Å²) in [6.07, 6.45) is 1.39. The monoisotopic (exact) mass is 512 g/mol. The second kappa shape index (κ2) is 10.2. The number of hydrogen-bond acceptors (Lipinski definition) is 5. The number of para-hydroxylation sites is 1. The van der Waals surface area contributed by atoms with Crippen molar-refractivity contribution in [1.29, 1.82) is 0 Å². The van der Waals surface area contributed by atoms with Crippen LogP contribution in [-0.2, 0) is 16.2 Å². The first-order valence-electron chi connectivity index (χ1n) is 11.4. The number of benzene rings is 4. The number of hydrogen-bond donors (Lipinski definition) is 1. The Morgan fingerprint density at radius 2 is 1.68 bits per heavy atom. The molecule has 0 saturated carbocycles. The van der Waals surface area contributed by atoms with Crippen LogP contribution in [0.2, 0.25) is 5.02 Å². The number of nitrogens with one attached hydrogen (secondary N) is 1. The number of carbonyl (C=O) groups excluding carboxylic acids is 3. The third kappa shape index (κ3) is 4.77. The molecule has 1 saturated heterocycles. The second-order valence-corrected chi connectivity index (χ2v) is 8.65. The third-order valence-electron chi connectivity index (χ3n) is 5.98. The molecule has 1 aliphatic heterocycles. The molecule has 184 valence electrons. The zero-order valence-corrected chi connectivity index (χ0v) is 20.5. The Bertz CT molecular complexity index is 1570. The molecule has 0 aromatic heterocycles. The molecule has 0 unspecified atom stereocenters. The fourth-order valence-electron chi connectivity index (χ4n) is 4.12.